The highest BCUT2D eigenvalue weighted by atomic mass is 16.4. The zero-order chi connectivity index (χ0) is 23.6. The summed E-state index contributed by atoms with van der Waals surface area (Å²) in [7, 11) is 0. The predicted octanol–water partition coefficient (Wildman–Crippen LogP) is 4.61. The third-order valence-corrected chi connectivity index (χ3v) is 4.91. The third kappa shape index (κ3) is 6.58. The highest BCUT2D eigenvalue weighted by Gasteiger charge is 2.21. The Morgan fingerprint density at radius 1 is 0.970 bits per heavy atom. The first-order valence-electron chi connectivity index (χ1n) is 10.5. The average molecular weight is 440 g/mol. The SMILES string of the molecule is C=C(/C=C\C=C/C)C(=O)NC(Cc1ccc(-c2ncc(-c3ccccc3)cn2)cc1)C(=O)O. The van der Waals surface area contributed by atoms with Crippen LogP contribution in [0.4, 0.5) is 0 Å². The minimum absolute atomic E-state index is 0.140. The number of carbonyl (C=O) groups excluding carboxylic acids is 1. The van der Waals surface area contributed by atoms with Gasteiger partial charge in [0.15, 0.2) is 5.82 Å². The molecule has 0 aliphatic heterocycles. The third-order valence-electron chi connectivity index (χ3n) is 4.91. The van der Waals surface area contributed by atoms with Crippen molar-refractivity contribution >= 4 is 11.9 Å². The number of hydrogen-bond acceptors (Lipinski definition) is 4. The van der Waals surface area contributed by atoms with E-state index in [-0.39, 0.29) is 12.0 Å². The standard InChI is InChI=1S/C27H25N3O3/c1-3-4-6-9-19(2)26(31)30-24(27(32)33)16-20-12-14-22(15-13-20)25-28-17-23(18-29-25)21-10-7-5-8-11-21/h3-15,17-18,24H,2,16H2,1H3,(H,30,31)(H,32,33)/b4-3-,9-6-. The van der Waals surface area contributed by atoms with Crippen molar-refractivity contribution in [1.82, 2.24) is 15.3 Å². The molecule has 0 fully saturated rings. The molecule has 0 spiro atoms. The zero-order valence-electron chi connectivity index (χ0n) is 18.3. The fourth-order valence-electron chi connectivity index (χ4n) is 3.09. The summed E-state index contributed by atoms with van der Waals surface area (Å²) in [6, 6.07) is 16.1. The van der Waals surface area contributed by atoms with Crippen molar-refractivity contribution in [3.8, 4) is 22.5 Å². The number of carboxylic acid groups (broad SMARTS) is 1. The number of carboxylic acids is 1. The quantitative estimate of drug-likeness (QED) is 0.375. The number of nitrogens with one attached hydrogen (secondary N) is 1. The lowest BCUT2D eigenvalue weighted by Gasteiger charge is -2.15. The lowest BCUT2D eigenvalue weighted by molar-refractivity contribution is -0.141. The number of amides is 1. The summed E-state index contributed by atoms with van der Waals surface area (Å²) in [4.78, 5) is 32.8. The van der Waals surface area contributed by atoms with Gasteiger partial charge >= 0.3 is 5.97 Å². The van der Waals surface area contributed by atoms with Crippen LogP contribution in [0.1, 0.15) is 12.5 Å². The molecule has 1 amide bonds. The Kier molecular flexibility index (Phi) is 8.02. The fraction of sp³-hybridized carbons (Fsp3) is 0.111. The first-order chi connectivity index (χ1) is 16.0. The maximum atomic E-state index is 12.2. The van der Waals surface area contributed by atoms with Crippen LogP contribution in [0, 0.1) is 0 Å². The molecule has 0 aliphatic carbocycles. The summed E-state index contributed by atoms with van der Waals surface area (Å²) < 4.78 is 0. The topological polar surface area (TPSA) is 92.2 Å². The van der Waals surface area contributed by atoms with Gasteiger partial charge in [-0.05, 0) is 18.1 Å². The van der Waals surface area contributed by atoms with E-state index in [1.54, 1.807) is 24.5 Å². The van der Waals surface area contributed by atoms with E-state index in [2.05, 4.69) is 21.9 Å². The zero-order valence-corrected chi connectivity index (χ0v) is 18.3. The van der Waals surface area contributed by atoms with Gasteiger partial charge in [0.2, 0.25) is 0 Å². The van der Waals surface area contributed by atoms with Gasteiger partial charge in [0.25, 0.3) is 5.91 Å². The molecule has 3 aromatic rings. The highest BCUT2D eigenvalue weighted by Crippen LogP contribution is 2.21. The minimum atomic E-state index is -1.11. The molecule has 0 bridgehead atoms. The molecule has 2 aromatic carbocycles. The average Bonchev–Trinajstić information content (AvgIpc) is 2.84. The lowest BCUT2D eigenvalue weighted by Crippen LogP contribution is -2.42. The molecule has 1 atom stereocenters. The molecule has 3 rings (SSSR count). The van der Waals surface area contributed by atoms with Crippen LogP contribution in [-0.4, -0.2) is 33.0 Å². The Balaban J connectivity index is 1.66. The van der Waals surface area contributed by atoms with Crippen LogP contribution < -0.4 is 5.32 Å². The van der Waals surface area contributed by atoms with Gasteiger partial charge in [0.1, 0.15) is 6.04 Å². The van der Waals surface area contributed by atoms with Crippen molar-refractivity contribution in [2.45, 2.75) is 19.4 Å². The van der Waals surface area contributed by atoms with E-state index in [9.17, 15) is 14.7 Å². The van der Waals surface area contributed by atoms with Crippen molar-refractivity contribution in [2.24, 2.45) is 0 Å². The molecule has 166 valence electrons. The van der Waals surface area contributed by atoms with Gasteiger partial charge in [-0.3, -0.25) is 4.79 Å². The van der Waals surface area contributed by atoms with Crippen molar-refractivity contribution in [3.05, 3.63) is 109 Å². The van der Waals surface area contributed by atoms with Crippen LogP contribution in [-0.2, 0) is 16.0 Å². The Hall–Kier alpha value is -4.32. The van der Waals surface area contributed by atoms with Crippen molar-refractivity contribution in [2.75, 3.05) is 0 Å². The molecule has 6 heteroatoms. The molecule has 1 heterocycles. The predicted molar refractivity (Wildman–Crippen MR) is 129 cm³/mol. The van der Waals surface area contributed by atoms with Gasteiger partial charge in [-0.2, -0.15) is 0 Å². The first kappa shape index (κ1) is 23.3. The smallest absolute Gasteiger partial charge is 0.326 e. The van der Waals surface area contributed by atoms with Gasteiger partial charge < -0.3 is 10.4 Å². The summed E-state index contributed by atoms with van der Waals surface area (Å²) >= 11 is 0. The number of allylic oxidation sites excluding steroid dienone is 3. The van der Waals surface area contributed by atoms with E-state index < -0.39 is 17.9 Å². The fourth-order valence-corrected chi connectivity index (χ4v) is 3.09. The summed E-state index contributed by atoms with van der Waals surface area (Å²) in [6.45, 7) is 5.53. The van der Waals surface area contributed by atoms with E-state index in [1.807, 2.05) is 67.6 Å². The second kappa shape index (κ2) is 11.3. The maximum Gasteiger partial charge on any atom is 0.326 e. The largest absolute Gasteiger partial charge is 0.480 e. The van der Waals surface area contributed by atoms with E-state index >= 15 is 0 Å². The van der Waals surface area contributed by atoms with Gasteiger partial charge in [-0.1, -0.05) is 85.5 Å². The molecule has 2 N–H and O–H groups in total. The molecular formula is C27H25N3O3. The molecule has 1 unspecified atom stereocenters. The number of aromatic nitrogens is 2. The van der Waals surface area contributed by atoms with Crippen LogP contribution in [0.25, 0.3) is 22.5 Å². The van der Waals surface area contributed by atoms with Crippen LogP contribution in [0.2, 0.25) is 0 Å². The van der Waals surface area contributed by atoms with Crippen LogP contribution in [0.5, 0.6) is 0 Å². The Morgan fingerprint density at radius 3 is 2.24 bits per heavy atom. The normalized spacial score (nSPS) is 12.0. The van der Waals surface area contributed by atoms with Gasteiger partial charge in [-0.25, -0.2) is 14.8 Å². The van der Waals surface area contributed by atoms with Crippen molar-refractivity contribution in [1.29, 1.82) is 0 Å². The van der Waals surface area contributed by atoms with E-state index in [4.69, 9.17) is 0 Å². The second-order valence-corrected chi connectivity index (χ2v) is 7.34. The number of hydrogen-bond donors (Lipinski definition) is 2. The lowest BCUT2D eigenvalue weighted by atomic mass is 10.0. The van der Waals surface area contributed by atoms with Gasteiger partial charge in [0, 0.05) is 35.5 Å². The molecule has 33 heavy (non-hydrogen) atoms. The van der Waals surface area contributed by atoms with Crippen LogP contribution in [0.15, 0.2) is 103 Å². The number of benzene rings is 2. The number of aliphatic carboxylic acids is 1. The van der Waals surface area contributed by atoms with Gasteiger partial charge in [0.05, 0.1) is 0 Å². The number of nitrogens with zero attached hydrogens (tertiary/aromatic N) is 2. The Labute approximate surface area is 193 Å². The summed E-state index contributed by atoms with van der Waals surface area (Å²) in [5, 5.41) is 12.1. The molecule has 0 saturated carbocycles. The summed E-state index contributed by atoms with van der Waals surface area (Å²) in [5.74, 6) is -1.06. The molecule has 0 radical (unpaired) electrons. The monoisotopic (exact) mass is 439 g/mol. The van der Waals surface area contributed by atoms with Crippen LogP contribution in [0.3, 0.4) is 0 Å². The second-order valence-electron chi connectivity index (χ2n) is 7.34. The summed E-state index contributed by atoms with van der Waals surface area (Å²) in [6.07, 6.45) is 10.5. The molecular weight excluding hydrogens is 414 g/mol. The molecule has 1 aromatic heterocycles. The number of rotatable bonds is 9. The molecule has 6 nitrogen and oxygen atoms in total. The van der Waals surface area contributed by atoms with E-state index in [0.29, 0.717) is 5.82 Å². The minimum Gasteiger partial charge on any atom is -0.480 e. The highest BCUT2D eigenvalue weighted by molar-refractivity contribution is 5.97. The van der Waals surface area contributed by atoms with Crippen molar-refractivity contribution in [3.63, 3.8) is 0 Å². The maximum absolute atomic E-state index is 12.2. The van der Waals surface area contributed by atoms with E-state index in [1.165, 1.54) is 6.08 Å². The Bertz CT molecular complexity index is 1170. The first-order valence-corrected chi connectivity index (χ1v) is 10.5. The van der Waals surface area contributed by atoms with Crippen molar-refractivity contribution < 1.29 is 14.7 Å². The van der Waals surface area contributed by atoms with Crippen LogP contribution >= 0.6 is 0 Å². The molecule has 0 saturated heterocycles. The molecule has 0 aliphatic rings. The summed E-state index contributed by atoms with van der Waals surface area (Å²) in [5.41, 5.74) is 3.74. The van der Waals surface area contributed by atoms with Gasteiger partial charge in [-0.15, -0.1) is 0 Å². The number of carbonyl (C=O) groups is 2. The van der Waals surface area contributed by atoms with E-state index in [0.717, 1.165) is 22.3 Å². The Morgan fingerprint density at radius 2 is 1.64 bits per heavy atom.